The van der Waals surface area contributed by atoms with Crippen molar-refractivity contribution in [2.45, 2.75) is 0 Å². The summed E-state index contributed by atoms with van der Waals surface area (Å²) in [6, 6.07) is 23.2. The Balaban J connectivity index is 1.93. The summed E-state index contributed by atoms with van der Waals surface area (Å²) in [5.74, 6) is 0.0374. The first-order chi connectivity index (χ1) is 10.8. The molecule has 0 bridgehead atoms. The molecule has 0 spiro atoms. The molecule has 0 aliphatic carbocycles. The summed E-state index contributed by atoms with van der Waals surface area (Å²) in [5.41, 5.74) is 2.30. The highest BCUT2D eigenvalue weighted by Crippen LogP contribution is 2.25. The van der Waals surface area contributed by atoms with Crippen molar-refractivity contribution in [3.05, 3.63) is 90.1 Å². The fraction of sp³-hybridized carbons (Fsp3) is 0. The van der Waals surface area contributed by atoms with Crippen molar-refractivity contribution in [2.75, 3.05) is 0 Å². The number of nitrogens with zero attached hydrogens (tertiary/aromatic N) is 1. The summed E-state index contributed by atoms with van der Waals surface area (Å²) in [6.07, 6.45) is 1.87. The molecule has 0 amide bonds. The molecule has 4 aromatic rings. The Morgan fingerprint density at radius 2 is 1.50 bits per heavy atom. The third-order valence-electron chi connectivity index (χ3n) is 3.89. The van der Waals surface area contributed by atoms with Crippen molar-refractivity contribution in [3.8, 4) is 0 Å². The summed E-state index contributed by atoms with van der Waals surface area (Å²) < 4.78 is 0. The highest BCUT2D eigenvalue weighted by Gasteiger charge is 2.10. The van der Waals surface area contributed by atoms with Crippen LogP contribution in [0.15, 0.2) is 79.0 Å². The SMILES string of the molecule is O=C(c1ccccc1)c1ccc2ncc3ccccc3c2c1. The van der Waals surface area contributed by atoms with E-state index >= 15 is 0 Å². The van der Waals surface area contributed by atoms with Gasteiger partial charge in [-0.05, 0) is 23.6 Å². The number of pyridine rings is 1. The van der Waals surface area contributed by atoms with E-state index in [4.69, 9.17) is 0 Å². The number of carbonyl (C=O) groups is 1. The van der Waals surface area contributed by atoms with E-state index in [1.165, 1.54) is 0 Å². The van der Waals surface area contributed by atoms with Crippen LogP contribution in [-0.2, 0) is 0 Å². The first-order valence-electron chi connectivity index (χ1n) is 7.20. The summed E-state index contributed by atoms with van der Waals surface area (Å²) in [6.45, 7) is 0. The molecule has 3 aromatic carbocycles. The summed E-state index contributed by atoms with van der Waals surface area (Å²) in [4.78, 5) is 17.1. The van der Waals surface area contributed by atoms with Crippen molar-refractivity contribution in [3.63, 3.8) is 0 Å². The fourth-order valence-corrected chi connectivity index (χ4v) is 2.76. The average Bonchev–Trinajstić information content (AvgIpc) is 2.61. The maximum absolute atomic E-state index is 12.6. The van der Waals surface area contributed by atoms with Gasteiger partial charge in [0.25, 0.3) is 0 Å². The minimum Gasteiger partial charge on any atom is -0.289 e. The van der Waals surface area contributed by atoms with E-state index in [9.17, 15) is 4.79 Å². The Bertz CT molecular complexity index is 990. The third-order valence-corrected chi connectivity index (χ3v) is 3.89. The zero-order valence-corrected chi connectivity index (χ0v) is 11.9. The summed E-state index contributed by atoms with van der Waals surface area (Å²) in [5, 5.41) is 3.22. The molecule has 0 N–H and O–H groups in total. The molecule has 104 valence electrons. The van der Waals surface area contributed by atoms with Gasteiger partial charge in [-0.2, -0.15) is 0 Å². The van der Waals surface area contributed by atoms with Gasteiger partial charge in [-0.3, -0.25) is 9.78 Å². The number of aromatic nitrogens is 1. The molecule has 0 aliphatic heterocycles. The second-order valence-electron chi connectivity index (χ2n) is 5.27. The Labute approximate surface area is 128 Å². The maximum atomic E-state index is 12.6. The van der Waals surface area contributed by atoms with Gasteiger partial charge in [-0.25, -0.2) is 0 Å². The van der Waals surface area contributed by atoms with Gasteiger partial charge in [0.15, 0.2) is 5.78 Å². The van der Waals surface area contributed by atoms with E-state index in [2.05, 4.69) is 11.1 Å². The quantitative estimate of drug-likeness (QED) is 0.397. The van der Waals surface area contributed by atoms with E-state index in [0.29, 0.717) is 11.1 Å². The molecule has 2 heteroatoms. The molecule has 1 heterocycles. The minimum atomic E-state index is 0.0374. The number of carbonyl (C=O) groups excluding carboxylic acids is 1. The number of fused-ring (bicyclic) bond motifs is 3. The zero-order valence-electron chi connectivity index (χ0n) is 11.9. The molecule has 0 radical (unpaired) electrons. The normalized spacial score (nSPS) is 10.9. The van der Waals surface area contributed by atoms with Gasteiger partial charge < -0.3 is 0 Å². The summed E-state index contributed by atoms with van der Waals surface area (Å²) >= 11 is 0. The molecule has 0 aliphatic rings. The number of hydrogen-bond donors (Lipinski definition) is 0. The lowest BCUT2D eigenvalue weighted by atomic mass is 9.99. The van der Waals surface area contributed by atoms with Crippen molar-refractivity contribution in [2.24, 2.45) is 0 Å². The van der Waals surface area contributed by atoms with Crippen molar-refractivity contribution in [1.29, 1.82) is 0 Å². The molecule has 22 heavy (non-hydrogen) atoms. The average molecular weight is 283 g/mol. The van der Waals surface area contributed by atoms with E-state index in [1.54, 1.807) is 0 Å². The highest BCUT2D eigenvalue weighted by molar-refractivity contribution is 6.13. The first-order valence-corrected chi connectivity index (χ1v) is 7.20. The molecular weight excluding hydrogens is 270 g/mol. The van der Waals surface area contributed by atoms with E-state index < -0.39 is 0 Å². The highest BCUT2D eigenvalue weighted by atomic mass is 16.1. The number of ketones is 1. The van der Waals surface area contributed by atoms with Crippen molar-refractivity contribution < 1.29 is 4.79 Å². The third kappa shape index (κ3) is 2.06. The molecule has 1 aromatic heterocycles. The van der Waals surface area contributed by atoms with Crippen LogP contribution in [0.2, 0.25) is 0 Å². The van der Waals surface area contributed by atoms with Gasteiger partial charge in [0.1, 0.15) is 0 Å². The van der Waals surface area contributed by atoms with Gasteiger partial charge >= 0.3 is 0 Å². The Hall–Kier alpha value is -3.00. The van der Waals surface area contributed by atoms with Gasteiger partial charge in [-0.15, -0.1) is 0 Å². The van der Waals surface area contributed by atoms with E-state index in [0.717, 1.165) is 21.7 Å². The molecular formula is C20H13NO. The molecule has 4 rings (SSSR count). The first kappa shape index (κ1) is 12.7. The number of hydrogen-bond acceptors (Lipinski definition) is 2. The van der Waals surface area contributed by atoms with Crippen LogP contribution in [0.3, 0.4) is 0 Å². The van der Waals surface area contributed by atoms with Crippen LogP contribution in [0, 0.1) is 0 Å². The fourth-order valence-electron chi connectivity index (χ4n) is 2.76. The topological polar surface area (TPSA) is 30.0 Å². The molecule has 0 unspecified atom stereocenters. The lowest BCUT2D eigenvalue weighted by molar-refractivity contribution is 0.103. The van der Waals surface area contributed by atoms with Crippen LogP contribution >= 0.6 is 0 Å². The van der Waals surface area contributed by atoms with Crippen LogP contribution in [0.1, 0.15) is 15.9 Å². The molecule has 0 saturated carbocycles. The van der Waals surface area contributed by atoms with Crippen LogP contribution in [0.5, 0.6) is 0 Å². The molecule has 2 nitrogen and oxygen atoms in total. The Kier molecular flexibility index (Phi) is 2.94. The maximum Gasteiger partial charge on any atom is 0.193 e. The smallest absolute Gasteiger partial charge is 0.193 e. The minimum absolute atomic E-state index is 0.0374. The largest absolute Gasteiger partial charge is 0.289 e. The Morgan fingerprint density at radius 3 is 2.36 bits per heavy atom. The van der Waals surface area contributed by atoms with Crippen molar-refractivity contribution >= 4 is 27.5 Å². The van der Waals surface area contributed by atoms with E-state index in [-0.39, 0.29) is 5.78 Å². The second-order valence-corrected chi connectivity index (χ2v) is 5.27. The lowest BCUT2D eigenvalue weighted by Gasteiger charge is -2.06. The van der Waals surface area contributed by atoms with Gasteiger partial charge in [-0.1, -0.05) is 54.6 Å². The van der Waals surface area contributed by atoms with Crippen molar-refractivity contribution in [1.82, 2.24) is 4.98 Å². The van der Waals surface area contributed by atoms with Crippen LogP contribution in [0.25, 0.3) is 21.7 Å². The number of benzene rings is 3. The van der Waals surface area contributed by atoms with Crippen LogP contribution < -0.4 is 0 Å². The summed E-state index contributed by atoms with van der Waals surface area (Å²) in [7, 11) is 0. The molecule has 0 saturated heterocycles. The standard InChI is InChI=1S/C20H13NO/c22-20(14-6-2-1-3-7-14)15-10-11-19-18(12-15)17-9-5-4-8-16(17)13-21-19/h1-13H. The predicted octanol–water partition coefficient (Wildman–Crippen LogP) is 4.62. The predicted molar refractivity (Wildman–Crippen MR) is 89.1 cm³/mol. The zero-order chi connectivity index (χ0) is 14.9. The lowest BCUT2D eigenvalue weighted by Crippen LogP contribution is -2.00. The van der Waals surface area contributed by atoms with Gasteiger partial charge in [0, 0.05) is 28.1 Å². The second kappa shape index (κ2) is 5.08. The van der Waals surface area contributed by atoms with Crippen LogP contribution in [-0.4, -0.2) is 10.8 Å². The monoisotopic (exact) mass is 283 g/mol. The van der Waals surface area contributed by atoms with Gasteiger partial charge in [0.05, 0.1) is 5.52 Å². The molecule has 0 atom stereocenters. The number of rotatable bonds is 2. The molecule has 0 fully saturated rings. The van der Waals surface area contributed by atoms with Crippen LogP contribution in [0.4, 0.5) is 0 Å². The Morgan fingerprint density at radius 1 is 0.727 bits per heavy atom. The van der Waals surface area contributed by atoms with E-state index in [1.807, 2.05) is 72.9 Å². The van der Waals surface area contributed by atoms with Gasteiger partial charge in [0.2, 0.25) is 0 Å².